The highest BCUT2D eigenvalue weighted by atomic mass is 16.5. The quantitative estimate of drug-likeness (QED) is 0.521. The lowest BCUT2D eigenvalue weighted by atomic mass is 9.89. The number of hydrogen-bond acceptors (Lipinski definition) is 5. The number of hydrogen-bond donors (Lipinski definition) is 2. The number of nitrogens with one attached hydrogen (secondary N) is 1. The van der Waals surface area contributed by atoms with Crippen molar-refractivity contribution in [1.82, 2.24) is 15.1 Å². The first kappa shape index (κ1) is 23.0. The minimum atomic E-state index is -1.10. The van der Waals surface area contributed by atoms with Crippen LogP contribution in [0.1, 0.15) is 63.0 Å². The van der Waals surface area contributed by atoms with Crippen LogP contribution in [0.15, 0.2) is 0 Å². The second-order valence-corrected chi connectivity index (χ2v) is 8.79. The van der Waals surface area contributed by atoms with Gasteiger partial charge in [-0.1, -0.05) is 34.1 Å². The molecule has 2 amide bonds. The molecule has 0 bridgehead atoms. The van der Waals surface area contributed by atoms with Crippen molar-refractivity contribution < 1.29 is 27.0 Å². The summed E-state index contributed by atoms with van der Waals surface area (Å²) in [6.45, 7) is 8.00. The number of likely N-dealkylation sites (tertiary alicyclic amines) is 1. The Hall–Kier alpha value is -1.67. The van der Waals surface area contributed by atoms with E-state index in [1.807, 2.05) is 27.7 Å². The number of rotatable bonds is 11. The predicted molar refractivity (Wildman–Crippen MR) is 116 cm³/mol. The maximum Gasteiger partial charge on any atom is 0.306 e. The van der Waals surface area contributed by atoms with Crippen molar-refractivity contribution in [2.24, 2.45) is 11.8 Å². The summed E-state index contributed by atoms with van der Waals surface area (Å²) in [6, 6.07) is -1.31. The van der Waals surface area contributed by atoms with Gasteiger partial charge in [-0.3, -0.25) is 19.3 Å². The normalized spacial score (nSPS) is 24.5. The van der Waals surface area contributed by atoms with Crippen LogP contribution in [0.25, 0.3) is 0 Å². The highest BCUT2D eigenvalue weighted by molar-refractivity contribution is 5.92. The molecule has 1 fully saturated rings. The molecular weight excluding hydrogens is 386 g/mol. The minimum absolute atomic E-state index is 0.0232. The molecule has 0 unspecified atom stereocenters. The van der Waals surface area contributed by atoms with Crippen LogP contribution < -0.4 is 5.32 Å². The lowest BCUT2D eigenvalue weighted by Gasteiger charge is -2.40. The Morgan fingerprint density at radius 3 is 2.47 bits per heavy atom. The van der Waals surface area contributed by atoms with Crippen molar-refractivity contribution in [2.75, 3.05) is 27.7 Å². The summed E-state index contributed by atoms with van der Waals surface area (Å²) in [5, 5.41) is 12.2. The Labute approximate surface area is 184 Å². The fourth-order valence-corrected chi connectivity index (χ4v) is 4.10. The summed E-state index contributed by atoms with van der Waals surface area (Å²) < 4.78 is 21.2. The van der Waals surface area contributed by atoms with Crippen LogP contribution in [-0.4, -0.2) is 84.1 Å². The number of likely N-dealkylation sites (N-methyl/N-ethyl adjacent to an activating group) is 2. The molecule has 1 aliphatic rings. The molecule has 0 aliphatic carbocycles. The maximum atomic E-state index is 13.6. The summed E-state index contributed by atoms with van der Waals surface area (Å²) in [5.74, 6) is -1.97. The van der Waals surface area contributed by atoms with Gasteiger partial charge in [0, 0.05) is 16.9 Å². The minimum Gasteiger partial charge on any atom is -0.481 e. The number of carbonyl (C=O) groups excluding carboxylic acids is 2. The summed E-state index contributed by atoms with van der Waals surface area (Å²) in [6.07, 6.45) is 1.01. The van der Waals surface area contributed by atoms with Gasteiger partial charge in [-0.15, -0.1) is 0 Å². The van der Waals surface area contributed by atoms with Crippen LogP contribution in [0.2, 0.25) is 0 Å². The van der Waals surface area contributed by atoms with Crippen LogP contribution in [0.4, 0.5) is 0 Å². The first-order valence-corrected chi connectivity index (χ1v) is 10.7. The molecule has 8 heteroatoms. The van der Waals surface area contributed by atoms with Gasteiger partial charge in [-0.25, -0.2) is 0 Å². The van der Waals surface area contributed by atoms with E-state index in [-0.39, 0.29) is 38.1 Å². The molecular formula is C22H41N3O5. The Bertz CT molecular complexity index is 651. The lowest BCUT2D eigenvalue weighted by molar-refractivity contribution is -0.148. The average Bonchev–Trinajstić information content (AvgIpc) is 3.19. The Kier molecular flexibility index (Phi) is 8.50. The molecule has 30 heavy (non-hydrogen) atoms. The van der Waals surface area contributed by atoms with Crippen molar-refractivity contribution in [2.45, 2.75) is 84.0 Å². The Morgan fingerprint density at radius 2 is 2.00 bits per heavy atom. The van der Waals surface area contributed by atoms with Gasteiger partial charge < -0.3 is 20.1 Å². The summed E-state index contributed by atoms with van der Waals surface area (Å²) in [4.78, 5) is 41.4. The highest BCUT2D eigenvalue weighted by Gasteiger charge is 2.44. The topological polar surface area (TPSA) is 99.2 Å². The zero-order valence-electron chi connectivity index (χ0n) is 21.3. The van der Waals surface area contributed by atoms with Crippen LogP contribution in [0.3, 0.4) is 0 Å². The molecule has 0 spiro atoms. The monoisotopic (exact) mass is 429 g/mol. The van der Waals surface area contributed by atoms with Gasteiger partial charge >= 0.3 is 5.97 Å². The highest BCUT2D eigenvalue weighted by Crippen LogP contribution is 2.28. The van der Waals surface area contributed by atoms with Crippen molar-refractivity contribution in [1.29, 1.82) is 0 Å². The number of nitrogens with zero attached hydrogens (tertiary/aromatic N) is 2. The van der Waals surface area contributed by atoms with Gasteiger partial charge in [0.15, 0.2) is 0 Å². The van der Waals surface area contributed by atoms with Crippen molar-refractivity contribution in [3.05, 3.63) is 0 Å². The Morgan fingerprint density at radius 1 is 1.33 bits per heavy atom. The number of ether oxygens (including phenoxy) is 1. The second-order valence-electron chi connectivity index (χ2n) is 8.79. The van der Waals surface area contributed by atoms with Gasteiger partial charge in [-0.2, -0.15) is 0 Å². The molecule has 0 aromatic rings. The van der Waals surface area contributed by atoms with Gasteiger partial charge in [0.25, 0.3) is 0 Å². The van der Waals surface area contributed by atoms with E-state index in [0.29, 0.717) is 13.0 Å². The SMILES string of the molecule is [2H]CN1CCC[C@@]1(C[2H])C(=O)N[C@H](C(=O)N(C)[C@@H]([C@@H](C)CC)[C@@H](CC(=O)O)OC)C(C)C. The molecule has 0 saturated carbocycles. The fraction of sp³-hybridized carbons (Fsp3) is 0.864. The van der Waals surface area contributed by atoms with E-state index in [2.05, 4.69) is 5.32 Å². The Balaban J connectivity index is 3.18. The number of amides is 2. The fourth-order valence-electron chi connectivity index (χ4n) is 4.10. The second kappa shape index (κ2) is 11.1. The van der Waals surface area contributed by atoms with Crippen LogP contribution >= 0.6 is 0 Å². The average molecular weight is 430 g/mol. The van der Waals surface area contributed by atoms with Gasteiger partial charge in [0.2, 0.25) is 11.8 Å². The largest absolute Gasteiger partial charge is 0.481 e. The summed E-state index contributed by atoms with van der Waals surface area (Å²) in [7, 11) is 2.99. The van der Waals surface area contributed by atoms with E-state index in [9.17, 15) is 19.5 Å². The molecule has 1 aliphatic heterocycles. The van der Waals surface area contributed by atoms with Crippen molar-refractivity contribution in [3.63, 3.8) is 0 Å². The van der Waals surface area contributed by atoms with Crippen LogP contribution in [0, 0.1) is 11.8 Å². The van der Waals surface area contributed by atoms with Gasteiger partial charge in [-0.05, 0) is 45.1 Å². The van der Waals surface area contributed by atoms with E-state index in [1.165, 1.54) is 12.0 Å². The molecule has 0 radical (unpaired) electrons. The third kappa shape index (κ3) is 5.94. The number of methoxy groups -OCH3 is 1. The van der Waals surface area contributed by atoms with Gasteiger partial charge in [0.05, 0.1) is 24.1 Å². The molecule has 8 nitrogen and oxygen atoms in total. The zero-order valence-corrected chi connectivity index (χ0v) is 19.3. The first-order chi connectivity index (χ1) is 15.0. The third-order valence-corrected chi connectivity index (χ3v) is 6.35. The molecule has 5 atom stereocenters. The smallest absolute Gasteiger partial charge is 0.306 e. The van der Waals surface area contributed by atoms with Crippen LogP contribution in [0.5, 0.6) is 0 Å². The van der Waals surface area contributed by atoms with Crippen molar-refractivity contribution >= 4 is 17.8 Å². The van der Waals surface area contributed by atoms with E-state index in [0.717, 1.165) is 12.8 Å². The first-order valence-electron chi connectivity index (χ1n) is 12.1. The van der Waals surface area contributed by atoms with E-state index < -0.39 is 35.6 Å². The third-order valence-electron chi connectivity index (χ3n) is 6.35. The molecule has 1 rings (SSSR count). The standard InChI is InChI=1S/C22H41N3O5/c1-9-15(4)19(16(30-8)13-17(26)27)25(7)20(28)18(14(2)3)23-21(29)22(5)11-10-12-24(22)6/h14-16,18-19H,9-13H2,1-8H3,(H,23,29)(H,26,27)/t15-,16+,18-,19-,22-/m0/s1/i5D,6D. The number of carboxylic acid groups (broad SMARTS) is 1. The van der Waals surface area contributed by atoms with E-state index >= 15 is 0 Å². The maximum absolute atomic E-state index is 13.6. The van der Waals surface area contributed by atoms with Crippen LogP contribution in [-0.2, 0) is 19.1 Å². The summed E-state index contributed by atoms with van der Waals surface area (Å²) in [5.41, 5.74) is -1.10. The molecule has 1 heterocycles. The summed E-state index contributed by atoms with van der Waals surface area (Å²) >= 11 is 0. The lowest BCUT2D eigenvalue weighted by Crippen LogP contribution is -2.61. The molecule has 174 valence electrons. The molecule has 0 aromatic heterocycles. The van der Waals surface area contributed by atoms with Crippen molar-refractivity contribution in [3.8, 4) is 0 Å². The van der Waals surface area contributed by atoms with E-state index in [1.54, 1.807) is 11.9 Å². The number of carboxylic acids is 1. The number of aliphatic carboxylic acids is 1. The van der Waals surface area contributed by atoms with E-state index in [4.69, 9.17) is 7.48 Å². The number of carbonyl (C=O) groups is 3. The zero-order chi connectivity index (χ0) is 24.6. The predicted octanol–water partition coefficient (Wildman–Crippen LogP) is 1.97. The molecule has 1 saturated heterocycles. The molecule has 0 aromatic carbocycles. The van der Waals surface area contributed by atoms with Gasteiger partial charge in [0.1, 0.15) is 6.04 Å². The molecule has 2 N–H and O–H groups in total.